The molecule has 9 nitrogen and oxygen atoms in total. The molecule has 4 atom stereocenters. The topological polar surface area (TPSA) is 103 Å². The van der Waals surface area contributed by atoms with E-state index in [-0.39, 0.29) is 24.2 Å². The number of aliphatic imine (C=N–C) groups is 4. The first-order chi connectivity index (χ1) is 26.3. The fourth-order valence-electron chi connectivity index (χ4n) is 8.21. The third-order valence-corrected chi connectivity index (χ3v) is 10.6. The fraction of sp³-hybridized carbons (Fsp3) is 0.0909. The van der Waals surface area contributed by atoms with Gasteiger partial charge in [0, 0.05) is 75.3 Å². The van der Waals surface area contributed by atoms with Crippen LogP contribution in [0.4, 0.5) is 17.1 Å². The van der Waals surface area contributed by atoms with Gasteiger partial charge >= 0.3 is 0 Å². The van der Waals surface area contributed by atoms with Crippen molar-refractivity contribution >= 4 is 41.2 Å². The molecule has 11 rings (SSSR count). The maximum atomic E-state index is 5.19. The Morgan fingerprint density at radius 3 is 1.87 bits per heavy atom. The normalized spacial score (nSPS) is 22.4. The van der Waals surface area contributed by atoms with Crippen molar-refractivity contribution in [3.63, 3.8) is 0 Å². The summed E-state index contributed by atoms with van der Waals surface area (Å²) in [6, 6.07) is 35.4. The number of amidine groups is 2. The van der Waals surface area contributed by atoms with Crippen LogP contribution in [0.15, 0.2) is 182 Å². The lowest BCUT2D eigenvalue weighted by molar-refractivity contribution is 0.672. The van der Waals surface area contributed by atoms with Crippen molar-refractivity contribution in [3.8, 4) is 0 Å². The standard InChI is InChI=1S/C44H31N9/c1-2-8-28(9-3-1)53(29-18-14-26(15-19-29)43-49-39-31-10-4-22-45-35(31)36-32(40(39)50-43)11-5-23-46-36)30-20-16-27(17-21-30)44-51-41-33-12-6-24-47-37(33)38-34(42(41)52-44)13-7-25-48-38/h1-25,35,37,40,42H,(H,49,50)(H,51,52). The Bertz CT molecular complexity index is 2570. The zero-order valence-corrected chi connectivity index (χ0v) is 28.4. The van der Waals surface area contributed by atoms with E-state index in [4.69, 9.17) is 29.9 Å². The molecule has 2 aromatic heterocycles. The van der Waals surface area contributed by atoms with E-state index in [9.17, 15) is 0 Å². The third-order valence-electron chi connectivity index (χ3n) is 10.6. The molecule has 6 heterocycles. The first kappa shape index (κ1) is 29.7. The minimum atomic E-state index is -0.128. The monoisotopic (exact) mass is 685 g/mol. The van der Waals surface area contributed by atoms with Gasteiger partial charge in [-0.25, -0.2) is 4.99 Å². The number of aromatic nitrogens is 2. The number of allylic oxidation sites excluding steroid dienone is 2. The van der Waals surface area contributed by atoms with Gasteiger partial charge in [0.05, 0.1) is 28.8 Å². The fourth-order valence-corrected chi connectivity index (χ4v) is 8.21. The quantitative estimate of drug-likeness (QED) is 0.195. The number of dihydropyridines is 2. The van der Waals surface area contributed by atoms with Gasteiger partial charge in [-0.2, -0.15) is 0 Å². The van der Waals surface area contributed by atoms with Crippen molar-refractivity contribution in [1.82, 2.24) is 20.6 Å². The van der Waals surface area contributed by atoms with Crippen molar-refractivity contribution in [2.24, 2.45) is 20.0 Å². The Morgan fingerprint density at radius 1 is 0.547 bits per heavy atom. The van der Waals surface area contributed by atoms with E-state index >= 15 is 0 Å². The van der Waals surface area contributed by atoms with Crippen LogP contribution >= 0.6 is 0 Å². The largest absolute Gasteiger partial charge is 0.357 e. The van der Waals surface area contributed by atoms with Gasteiger partial charge in [-0.3, -0.25) is 24.9 Å². The molecule has 9 heteroatoms. The highest BCUT2D eigenvalue weighted by Crippen LogP contribution is 2.47. The molecule has 6 aliphatic rings. The Balaban J connectivity index is 0.909. The molecule has 53 heavy (non-hydrogen) atoms. The molecule has 0 spiro atoms. The Hall–Kier alpha value is -7.00. The molecule has 4 aliphatic heterocycles. The molecule has 2 aliphatic carbocycles. The van der Waals surface area contributed by atoms with Crippen LogP contribution < -0.4 is 15.5 Å². The maximum absolute atomic E-state index is 5.19. The van der Waals surface area contributed by atoms with E-state index < -0.39 is 0 Å². The Kier molecular flexibility index (Phi) is 6.60. The molecule has 0 saturated carbocycles. The zero-order chi connectivity index (χ0) is 34.9. The molecule has 0 saturated heterocycles. The van der Waals surface area contributed by atoms with Crippen LogP contribution in [0.1, 0.15) is 57.8 Å². The van der Waals surface area contributed by atoms with Crippen LogP contribution in [0.3, 0.4) is 0 Å². The number of hydrogen-bond donors (Lipinski definition) is 2. The van der Waals surface area contributed by atoms with Gasteiger partial charge in [-0.05, 0) is 84.9 Å². The maximum Gasteiger partial charge on any atom is 0.134 e. The molecule has 0 bridgehead atoms. The summed E-state index contributed by atoms with van der Waals surface area (Å²) < 4.78 is 0. The predicted octanol–water partition coefficient (Wildman–Crippen LogP) is 8.03. The van der Waals surface area contributed by atoms with Gasteiger partial charge < -0.3 is 15.5 Å². The molecule has 0 radical (unpaired) electrons. The van der Waals surface area contributed by atoms with E-state index in [2.05, 4.69) is 113 Å². The summed E-state index contributed by atoms with van der Waals surface area (Å²) in [6.07, 6.45) is 15.6. The van der Waals surface area contributed by atoms with Gasteiger partial charge in [0.2, 0.25) is 0 Å². The summed E-state index contributed by atoms with van der Waals surface area (Å²) in [5, 5.41) is 7.36. The van der Waals surface area contributed by atoms with Gasteiger partial charge in [0.1, 0.15) is 29.8 Å². The number of nitrogens with zero attached hydrogens (tertiary/aromatic N) is 7. The van der Waals surface area contributed by atoms with Crippen molar-refractivity contribution in [2.45, 2.75) is 24.2 Å². The van der Waals surface area contributed by atoms with Crippen molar-refractivity contribution in [2.75, 3.05) is 4.90 Å². The number of nitrogens with one attached hydrogen (secondary N) is 2. The van der Waals surface area contributed by atoms with Crippen molar-refractivity contribution in [1.29, 1.82) is 0 Å². The molecule has 0 amide bonds. The van der Waals surface area contributed by atoms with E-state index in [1.54, 1.807) is 0 Å². The SMILES string of the molecule is C1=CC2=C3NC(c4ccc(N(c5ccccc5)c5ccc(C6=NC7=C8C=CC=NC8c8ncccc8C7N6)cc5)cc4)=NC3c3cccnc3C2N=C1. The number of para-hydroxylation sites is 1. The van der Waals surface area contributed by atoms with Crippen LogP contribution in [0, 0.1) is 0 Å². The van der Waals surface area contributed by atoms with Gasteiger partial charge in [-0.15, -0.1) is 0 Å². The Labute approximate surface area is 306 Å². The summed E-state index contributed by atoms with van der Waals surface area (Å²) in [6.45, 7) is 0. The van der Waals surface area contributed by atoms with Crippen LogP contribution in [0.2, 0.25) is 0 Å². The van der Waals surface area contributed by atoms with E-state index in [0.717, 1.165) is 84.9 Å². The average Bonchev–Trinajstić information content (AvgIpc) is 3.89. The Morgan fingerprint density at radius 2 is 1.15 bits per heavy atom. The lowest BCUT2D eigenvalue weighted by atomic mass is 9.85. The lowest BCUT2D eigenvalue weighted by Gasteiger charge is -2.29. The molecule has 3 aromatic carbocycles. The number of anilines is 3. The average molecular weight is 686 g/mol. The van der Waals surface area contributed by atoms with E-state index in [1.165, 1.54) is 0 Å². The smallest absolute Gasteiger partial charge is 0.134 e. The number of pyridine rings is 2. The van der Waals surface area contributed by atoms with Gasteiger partial charge in [0.25, 0.3) is 0 Å². The zero-order valence-electron chi connectivity index (χ0n) is 28.4. The van der Waals surface area contributed by atoms with Crippen molar-refractivity contribution in [3.05, 3.63) is 196 Å². The first-order valence-corrected chi connectivity index (χ1v) is 17.8. The predicted molar refractivity (Wildman–Crippen MR) is 209 cm³/mol. The second-order valence-electron chi connectivity index (χ2n) is 13.6. The number of benzene rings is 3. The number of fused-ring (bicyclic) bond motifs is 10. The first-order valence-electron chi connectivity index (χ1n) is 17.8. The summed E-state index contributed by atoms with van der Waals surface area (Å²) in [4.78, 5) is 31.5. The van der Waals surface area contributed by atoms with Gasteiger partial charge in [0.15, 0.2) is 0 Å². The number of hydrogen-bond acceptors (Lipinski definition) is 9. The third kappa shape index (κ3) is 4.70. The van der Waals surface area contributed by atoms with E-state index in [1.807, 2.05) is 55.2 Å². The lowest BCUT2D eigenvalue weighted by Crippen LogP contribution is -2.28. The molecular formula is C44H31N9. The summed E-state index contributed by atoms with van der Waals surface area (Å²) in [7, 11) is 0. The molecule has 4 unspecified atom stereocenters. The highest BCUT2D eigenvalue weighted by molar-refractivity contribution is 6.03. The summed E-state index contributed by atoms with van der Waals surface area (Å²) in [5.41, 5.74) is 13.7. The highest BCUT2D eigenvalue weighted by atomic mass is 15.2. The molecule has 252 valence electrons. The van der Waals surface area contributed by atoms with Crippen molar-refractivity contribution < 1.29 is 0 Å². The molecular weight excluding hydrogens is 655 g/mol. The van der Waals surface area contributed by atoms with Crippen LogP contribution in [0.25, 0.3) is 0 Å². The van der Waals surface area contributed by atoms with E-state index in [0.29, 0.717) is 0 Å². The van der Waals surface area contributed by atoms with Crippen LogP contribution in [0.5, 0.6) is 0 Å². The molecule has 2 N–H and O–H groups in total. The second kappa shape index (κ2) is 11.8. The highest BCUT2D eigenvalue weighted by Gasteiger charge is 2.40. The van der Waals surface area contributed by atoms with Gasteiger partial charge in [-0.1, -0.05) is 42.5 Å². The van der Waals surface area contributed by atoms with Crippen LogP contribution in [-0.4, -0.2) is 34.1 Å². The molecule has 5 aromatic rings. The number of rotatable bonds is 5. The second-order valence-corrected chi connectivity index (χ2v) is 13.6. The summed E-state index contributed by atoms with van der Waals surface area (Å²) >= 11 is 0. The minimum absolute atomic E-state index is 0.0581. The summed E-state index contributed by atoms with van der Waals surface area (Å²) in [5.74, 6) is 1.69. The molecule has 0 fully saturated rings. The minimum Gasteiger partial charge on any atom is -0.357 e. The van der Waals surface area contributed by atoms with Crippen LogP contribution in [-0.2, 0) is 0 Å².